The maximum absolute atomic E-state index is 12.2. The van der Waals surface area contributed by atoms with E-state index in [0.29, 0.717) is 6.42 Å². The Balaban J connectivity index is 2.01. The van der Waals surface area contributed by atoms with Gasteiger partial charge in [0.15, 0.2) is 0 Å². The van der Waals surface area contributed by atoms with Crippen molar-refractivity contribution >= 4 is 45.1 Å². The van der Waals surface area contributed by atoms with Crippen molar-refractivity contribution in [1.29, 1.82) is 0 Å². The number of carbonyl (C=O) groups excluding carboxylic acids is 1. The molecule has 1 fully saturated rings. The van der Waals surface area contributed by atoms with Gasteiger partial charge in [0.05, 0.1) is 4.90 Å². The lowest BCUT2D eigenvalue weighted by atomic mass is 10.1. The van der Waals surface area contributed by atoms with E-state index in [4.69, 9.17) is 28.3 Å². The first-order chi connectivity index (χ1) is 11.0. The van der Waals surface area contributed by atoms with E-state index < -0.39 is 38.2 Å². The van der Waals surface area contributed by atoms with Crippen molar-refractivity contribution in [3.8, 4) is 0 Å². The minimum Gasteiger partial charge on any atom is -0.480 e. The zero-order valence-electron chi connectivity index (χ0n) is 12.7. The molecule has 0 aliphatic heterocycles. The SMILES string of the molecule is CC1(CNS(=O)(=O)c2ccc(C(=O)NCC(=O)O)cc2)CC1(Cl)Cl. The van der Waals surface area contributed by atoms with Crippen LogP contribution in [0.2, 0.25) is 0 Å². The third kappa shape index (κ3) is 4.18. The fraction of sp³-hybridized carbons (Fsp3) is 0.429. The van der Waals surface area contributed by atoms with Crippen LogP contribution in [-0.4, -0.2) is 42.8 Å². The minimum atomic E-state index is -3.76. The van der Waals surface area contributed by atoms with E-state index in [9.17, 15) is 18.0 Å². The first-order valence-electron chi connectivity index (χ1n) is 6.94. The van der Waals surface area contributed by atoms with Gasteiger partial charge in [0.1, 0.15) is 10.9 Å². The van der Waals surface area contributed by atoms with E-state index in [1.54, 1.807) is 6.92 Å². The molecule has 7 nitrogen and oxygen atoms in total. The highest BCUT2D eigenvalue weighted by Crippen LogP contribution is 2.63. The average molecular weight is 395 g/mol. The summed E-state index contributed by atoms with van der Waals surface area (Å²) in [7, 11) is -3.76. The van der Waals surface area contributed by atoms with E-state index in [-0.39, 0.29) is 17.0 Å². The fourth-order valence-electron chi connectivity index (χ4n) is 2.02. The summed E-state index contributed by atoms with van der Waals surface area (Å²) in [6, 6.07) is 5.14. The van der Waals surface area contributed by atoms with Crippen molar-refractivity contribution in [3.05, 3.63) is 29.8 Å². The molecule has 0 aromatic heterocycles. The summed E-state index contributed by atoms with van der Waals surface area (Å²) < 4.78 is 26.0. The maximum atomic E-state index is 12.2. The monoisotopic (exact) mass is 394 g/mol. The summed E-state index contributed by atoms with van der Waals surface area (Å²) in [5.41, 5.74) is -0.357. The van der Waals surface area contributed by atoms with Crippen LogP contribution in [0.4, 0.5) is 0 Å². The average Bonchev–Trinajstić information content (AvgIpc) is 3.02. The number of rotatable bonds is 7. The van der Waals surface area contributed by atoms with Crippen LogP contribution >= 0.6 is 23.2 Å². The van der Waals surface area contributed by atoms with Crippen molar-refractivity contribution in [2.75, 3.05) is 13.1 Å². The summed E-state index contributed by atoms with van der Waals surface area (Å²) in [6.07, 6.45) is 0.494. The molecule has 1 aliphatic rings. The number of amides is 1. The molecule has 0 spiro atoms. The quantitative estimate of drug-likeness (QED) is 0.604. The largest absolute Gasteiger partial charge is 0.480 e. The van der Waals surface area contributed by atoms with E-state index in [1.165, 1.54) is 24.3 Å². The molecule has 24 heavy (non-hydrogen) atoms. The Bertz CT molecular complexity index is 764. The van der Waals surface area contributed by atoms with E-state index >= 15 is 0 Å². The molecule has 1 aromatic rings. The fourth-order valence-corrected chi connectivity index (χ4v) is 3.91. The van der Waals surface area contributed by atoms with Crippen LogP contribution < -0.4 is 10.0 Å². The molecule has 1 atom stereocenters. The molecule has 1 aromatic carbocycles. The highest BCUT2D eigenvalue weighted by Gasteiger charge is 2.62. The predicted molar refractivity (Wildman–Crippen MR) is 88.8 cm³/mol. The molecule has 132 valence electrons. The molecule has 1 saturated carbocycles. The van der Waals surface area contributed by atoms with Crippen molar-refractivity contribution < 1.29 is 23.1 Å². The van der Waals surface area contributed by atoms with Gasteiger partial charge in [-0.2, -0.15) is 0 Å². The number of hydrogen-bond acceptors (Lipinski definition) is 4. The number of nitrogens with one attached hydrogen (secondary N) is 2. The Kier molecular flexibility index (Phi) is 5.15. The van der Waals surface area contributed by atoms with Crippen LogP contribution in [0.5, 0.6) is 0 Å². The van der Waals surface area contributed by atoms with Gasteiger partial charge in [0.25, 0.3) is 5.91 Å². The minimum absolute atomic E-state index is 0.0173. The van der Waals surface area contributed by atoms with Gasteiger partial charge < -0.3 is 10.4 Å². The van der Waals surface area contributed by atoms with Gasteiger partial charge in [0.2, 0.25) is 10.0 Å². The van der Waals surface area contributed by atoms with Gasteiger partial charge in [-0.1, -0.05) is 6.92 Å². The van der Waals surface area contributed by atoms with Crippen LogP contribution in [0.3, 0.4) is 0 Å². The lowest BCUT2D eigenvalue weighted by Crippen LogP contribution is -2.31. The molecule has 1 aliphatic carbocycles. The molecule has 1 unspecified atom stereocenters. The van der Waals surface area contributed by atoms with Crippen molar-refractivity contribution in [3.63, 3.8) is 0 Å². The molecule has 0 radical (unpaired) electrons. The molecule has 2 rings (SSSR count). The Hall–Kier alpha value is -1.35. The number of carboxylic acids is 1. The van der Waals surface area contributed by atoms with Crippen LogP contribution in [0, 0.1) is 5.41 Å². The maximum Gasteiger partial charge on any atom is 0.322 e. The Labute approximate surface area is 149 Å². The molecule has 0 saturated heterocycles. The Morgan fingerprint density at radius 1 is 1.25 bits per heavy atom. The van der Waals surface area contributed by atoms with E-state index in [2.05, 4.69) is 10.0 Å². The number of aliphatic carboxylic acids is 1. The van der Waals surface area contributed by atoms with Gasteiger partial charge in [-0.25, -0.2) is 13.1 Å². The molecular formula is C14H16Cl2N2O5S. The third-order valence-electron chi connectivity index (χ3n) is 3.85. The van der Waals surface area contributed by atoms with Crippen molar-refractivity contribution in [1.82, 2.24) is 10.0 Å². The smallest absolute Gasteiger partial charge is 0.322 e. The molecule has 1 amide bonds. The number of sulfonamides is 1. The van der Waals surface area contributed by atoms with Crippen molar-refractivity contribution in [2.45, 2.75) is 22.6 Å². The second-order valence-corrected chi connectivity index (χ2v) is 9.12. The van der Waals surface area contributed by atoms with Gasteiger partial charge in [-0.05, 0) is 30.7 Å². The van der Waals surface area contributed by atoms with Crippen LogP contribution in [0.15, 0.2) is 29.2 Å². The summed E-state index contributed by atoms with van der Waals surface area (Å²) in [5.74, 6) is -1.77. The first kappa shape index (κ1) is 19.0. The summed E-state index contributed by atoms with van der Waals surface area (Å²) in [4.78, 5) is 22.1. The predicted octanol–water partition coefficient (Wildman–Crippen LogP) is 1.36. The van der Waals surface area contributed by atoms with Gasteiger partial charge in [0, 0.05) is 17.5 Å². The summed E-state index contributed by atoms with van der Waals surface area (Å²) in [6.45, 7) is 1.37. The second kappa shape index (κ2) is 6.51. The van der Waals surface area contributed by atoms with Crippen molar-refractivity contribution in [2.24, 2.45) is 5.41 Å². The van der Waals surface area contributed by atoms with E-state index in [0.717, 1.165) is 0 Å². The van der Waals surface area contributed by atoms with Gasteiger partial charge >= 0.3 is 5.97 Å². The third-order valence-corrected chi connectivity index (χ3v) is 6.45. The molecular weight excluding hydrogens is 379 g/mol. The lowest BCUT2D eigenvalue weighted by Gasteiger charge is -2.13. The van der Waals surface area contributed by atoms with E-state index in [1.807, 2.05) is 0 Å². The molecule has 0 bridgehead atoms. The van der Waals surface area contributed by atoms with Gasteiger partial charge in [-0.3, -0.25) is 9.59 Å². The normalized spacial score (nSPS) is 22.0. The molecule has 3 N–H and O–H groups in total. The number of benzene rings is 1. The number of carbonyl (C=O) groups is 2. The highest BCUT2D eigenvalue weighted by molar-refractivity contribution is 7.89. The van der Waals surface area contributed by atoms with Crippen LogP contribution in [0.1, 0.15) is 23.7 Å². The first-order valence-corrected chi connectivity index (χ1v) is 9.18. The Morgan fingerprint density at radius 2 is 1.79 bits per heavy atom. The molecule has 10 heteroatoms. The summed E-state index contributed by atoms with van der Waals surface area (Å²) >= 11 is 12.0. The van der Waals surface area contributed by atoms with Gasteiger partial charge in [-0.15, -0.1) is 23.2 Å². The van der Waals surface area contributed by atoms with Crippen LogP contribution in [-0.2, 0) is 14.8 Å². The second-order valence-electron chi connectivity index (χ2n) is 5.87. The zero-order chi connectivity index (χ0) is 18.2. The Morgan fingerprint density at radius 3 is 2.25 bits per heavy atom. The number of halogens is 2. The number of hydrogen-bond donors (Lipinski definition) is 3. The topological polar surface area (TPSA) is 113 Å². The standard InChI is InChI=1S/C14H16Cl2N2O5S/c1-13(7-14(13,15)16)8-18-24(22,23)10-4-2-9(3-5-10)12(21)17-6-11(19)20/h2-5,18H,6-8H2,1H3,(H,17,21)(H,19,20). The number of alkyl halides is 2. The van der Waals surface area contributed by atoms with Crippen LogP contribution in [0.25, 0.3) is 0 Å². The molecule has 0 heterocycles. The zero-order valence-corrected chi connectivity index (χ0v) is 15.0. The highest BCUT2D eigenvalue weighted by atomic mass is 35.5. The number of carboxylic acid groups (broad SMARTS) is 1. The summed E-state index contributed by atoms with van der Waals surface area (Å²) in [5, 5.41) is 10.7. The lowest BCUT2D eigenvalue weighted by molar-refractivity contribution is -0.135.